The molecule has 5 nitrogen and oxygen atoms in total. The fourth-order valence-electron chi connectivity index (χ4n) is 1.53. The van der Waals surface area contributed by atoms with Crippen molar-refractivity contribution in [3.63, 3.8) is 0 Å². The van der Waals surface area contributed by atoms with Gasteiger partial charge in [-0.25, -0.2) is 0 Å². The van der Waals surface area contributed by atoms with Crippen LogP contribution in [0.1, 0.15) is 26.2 Å². The maximum absolute atomic E-state index is 11.5. The number of aromatic nitrogens is 2. The maximum atomic E-state index is 11.5. The Morgan fingerprint density at radius 2 is 2.26 bits per heavy atom. The molecule has 0 fully saturated rings. The highest BCUT2D eigenvalue weighted by Gasteiger charge is 2.11. The van der Waals surface area contributed by atoms with Gasteiger partial charge in [0, 0.05) is 17.0 Å². The molecule has 0 atom stereocenters. The molecule has 1 heterocycles. The molecule has 2 aromatic rings. The van der Waals surface area contributed by atoms with E-state index < -0.39 is 0 Å². The first-order valence-corrected chi connectivity index (χ1v) is 6.46. The van der Waals surface area contributed by atoms with Gasteiger partial charge in [0.25, 0.3) is 0 Å². The Balaban J connectivity index is 2.05. The number of hydrogen-bond donors (Lipinski definition) is 1. The van der Waals surface area contributed by atoms with E-state index in [1.165, 1.54) is 0 Å². The second kappa shape index (κ2) is 6.33. The van der Waals surface area contributed by atoms with Gasteiger partial charge in [0.1, 0.15) is 0 Å². The highest BCUT2D eigenvalue weighted by Crippen LogP contribution is 2.22. The van der Waals surface area contributed by atoms with Gasteiger partial charge < -0.3 is 4.42 Å². The summed E-state index contributed by atoms with van der Waals surface area (Å²) in [5.74, 6) is 0.205. The minimum absolute atomic E-state index is 0.107. The lowest BCUT2D eigenvalue weighted by atomic mass is 10.2. The molecule has 0 spiro atoms. The molecule has 0 unspecified atom stereocenters. The number of benzene rings is 1. The number of nitrogens with zero attached hydrogens (tertiary/aromatic N) is 2. The van der Waals surface area contributed by atoms with Crippen LogP contribution in [0.2, 0.25) is 5.02 Å². The van der Waals surface area contributed by atoms with E-state index in [1.54, 1.807) is 18.2 Å². The van der Waals surface area contributed by atoms with Crippen molar-refractivity contribution in [1.29, 1.82) is 0 Å². The van der Waals surface area contributed by atoms with Crippen molar-refractivity contribution in [2.75, 3.05) is 5.32 Å². The molecule has 0 radical (unpaired) electrons. The standard InChI is InChI=1S/C13H14ClN3O2/c1-2-3-7-11(18)15-13-17-16-12(19-13)9-5-4-6-10(14)8-9/h4-6,8H,2-3,7H2,1H3,(H,15,17,18). The van der Waals surface area contributed by atoms with Crippen LogP contribution in [0.3, 0.4) is 0 Å². The normalized spacial score (nSPS) is 10.4. The number of unbranched alkanes of at least 4 members (excludes halogenated alkanes) is 1. The minimum atomic E-state index is -0.122. The summed E-state index contributed by atoms with van der Waals surface area (Å²) < 4.78 is 5.36. The molecular weight excluding hydrogens is 266 g/mol. The van der Waals surface area contributed by atoms with E-state index >= 15 is 0 Å². The molecule has 6 heteroatoms. The van der Waals surface area contributed by atoms with E-state index in [0.717, 1.165) is 12.8 Å². The zero-order valence-corrected chi connectivity index (χ0v) is 11.3. The molecule has 0 saturated heterocycles. The molecule has 0 aliphatic carbocycles. The van der Waals surface area contributed by atoms with E-state index in [0.29, 0.717) is 22.9 Å². The average molecular weight is 280 g/mol. The number of halogens is 1. The second-order valence-corrected chi connectivity index (χ2v) is 4.51. The molecule has 0 saturated carbocycles. The Kier molecular flexibility index (Phi) is 4.52. The molecule has 1 aromatic heterocycles. The van der Waals surface area contributed by atoms with Gasteiger partial charge in [0.15, 0.2) is 0 Å². The lowest BCUT2D eigenvalue weighted by molar-refractivity contribution is -0.116. The first-order valence-electron chi connectivity index (χ1n) is 6.08. The summed E-state index contributed by atoms with van der Waals surface area (Å²) in [6.07, 6.45) is 2.25. The number of hydrogen-bond acceptors (Lipinski definition) is 4. The van der Waals surface area contributed by atoms with Crippen LogP contribution in [-0.2, 0) is 4.79 Å². The minimum Gasteiger partial charge on any atom is -0.403 e. The SMILES string of the molecule is CCCCC(=O)Nc1nnc(-c2cccc(Cl)c2)o1. The van der Waals surface area contributed by atoms with Crippen LogP contribution >= 0.6 is 11.6 Å². The van der Waals surface area contributed by atoms with Crippen molar-refractivity contribution in [2.45, 2.75) is 26.2 Å². The third-order valence-electron chi connectivity index (χ3n) is 2.50. The number of amides is 1. The smallest absolute Gasteiger partial charge is 0.322 e. The Morgan fingerprint density at radius 3 is 3.00 bits per heavy atom. The summed E-state index contributed by atoms with van der Waals surface area (Å²) in [6, 6.07) is 7.19. The van der Waals surface area contributed by atoms with E-state index in [4.69, 9.17) is 16.0 Å². The van der Waals surface area contributed by atoms with E-state index in [9.17, 15) is 4.79 Å². The molecule has 0 bridgehead atoms. The van der Waals surface area contributed by atoms with Crippen LogP contribution in [0.15, 0.2) is 28.7 Å². The van der Waals surface area contributed by atoms with Crippen LogP contribution in [0, 0.1) is 0 Å². The van der Waals surface area contributed by atoms with Crippen LogP contribution in [-0.4, -0.2) is 16.1 Å². The average Bonchev–Trinajstić information content (AvgIpc) is 2.85. The molecule has 0 aliphatic rings. The summed E-state index contributed by atoms with van der Waals surface area (Å²) in [7, 11) is 0. The number of anilines is 1. The fraction of sp³-hybridized carbons (Fsp3) is 0.308. The van der Waals surface area contributed by atoms with Crippen molar-refractivity contribution in [1.82, 2.24) is 10.2 Å². The number of carbonyl (C=O) groups excluding carboxylic acids is 1. The van der Waals surface area contributed by atoms with E-state index in [1.807, 2.05) is 13.0 Å². The summed E-state index contributed by atoms with van der Waals surface area (Å²) in [6.45, 7) is 2.03. The molecule has 1 N–H and O–H groups in total. The second-order valence-electron chi connectivity index (χ2n) is 4.07. The van der Waals surface area contributed by atoms with Gasteiger partial charge in [-0.15, -0.1) is 5.10 Å². The molecule has 2 rings (SSSR count). The van der Waals surface area contributed by atoms with Crippen molar-refractivity contribution < 1.29 is 9.21 Å². The number of rotatable bonds is 5. The highest BCUT2D eigenvalue weighted by molar-refractivity contribution is 6.30. The molecule has 100 valence electrons. The van der Waals surface area contributed by atoms with Crippen LogP contribution in [0.25, 0.3) is 11.5 Å². The maximum Gasteiger partial charge on any atom is 0.322 e. The van der Waals surface area contributed by atoms with Gasteiger partial charge in [-0.1, -0.05) is 36.1 Å². The third-order valence-corrected chi connectivity index (χ3v) is 2.74. The largest absolute Gasteiger partial charge is 0.403 e. The highest BCUT2D eigenvalue weighted by atomic mass is 35.5. The Morgan fingerprint density at radius 1 is 1.42 bits per heavy atom. The Hall–Kier alpha value is -1.88. The van der Waals surface area contributed by atoms with Crippen LogP contribution < -0.4 is 5.32 Å². The van der Waals surface area contributed by atoms with Crippen molar-refractivity contribution in [3.8, 4) is 11.5 Å². The summed E-state index contributed by atoms with van der Waals surface area (Å²) >= 11 is 5.88. The lowest BCUT2D eigenvalue weighted by Gasteiger charge is -1.98. The van der Waals surface area contributed by atoms with Gasteiger partial charge in [-0.05, 0) is 24.6 Å². The molecule has 1 amide bonds. The molecule has 0 aliphatic heterocycles. The number of carbonyl (C=O) groups is 1. The third kappa shape index (κ3) is 3.79. The monoisotopic (exact) mass is 279 g/mol. The quantitative estimate of drug-likeness (QED) is 0.909. The molecule has 1 aromatic carbocycles. The Bertz CT molecular complexity index is 569. The van der Waals surface area contributed by atoms with Gasteiger partial charge in [0.05, 0.1) is 0 Å². The lowest BCUT2D eigenvalue weighted by Crippen LogP contribution is -2.11. The fourth-order valence-corrected chi connectivity index (χ4v) is 1.72. The van der Waals surface area contributed by atoms with Crippen molar-refractivity contribution in [3.05, 3.63) is 29.3 Å². The zero-order valence-electron chi connectivity index (χ0n) is 10.5. The zero-order chi connectivity index (χ0) is 13.7. The topological polar surface area (TPSA) is 68.0 Å². The summed E-state index contributed by atoms with van der Waals surface area (Å²) in [5.41, 5.74) is 0.717. The first-order chi connectivity index (χ1) is 9.19. The Labute approximate surface area is 116 Å². The number of nitrogens with one attached hydrogen (secondary N) is 1. The van der Waals surface area contributed by atoms with E-state index in [-0.39, 0.29) is 11.9 Å². The van der Waals surface area contributed by atoms with Crippen molar-refractivity contribution in [2.24, 2.45) is 0 Å². The van der Waals surface area contributed by atoms with E-state index in [2.05, 4.69) is 15.5 Å². The predicted octanol–water partition coefficient (Wildman–Crippen LogP) is 3.52. The molecule has 19 heavy (non-hydrogen) atoms. The van der Waals surface area contributed by atoms with Crippen LogP contribution in [0.4, 0.5) is 6.01 Å². The van der Waals surface area contributed by atoms with Gasteiger partial charge in [0.2, 0.25) is 11.8 Å². The predicted molar refractivity (Wildman–Crippen MR) is 72.9 cm³/mol. The van der Waals surface area contributed by atoms with Crippen molar-refractivity contribution >= 4 is 23.5 Å². The first kappa shape index (κ1) is 13.5. The van der Waals surface area contributed by atoms with Gasteiger partial charge in [-0.2, -0.15) is 0 Å². The molecular formula is C13H14ClN3O2. The summed E-state index contributed by atoms with van der Waals surface area (Å²) in [5, 5.41) is 10.8. The van der Waals surface area contributed by atoms with Gasteiger partial charge in [-0.3, -0.25) is 10.1 Å². The summed E-state index contributed by atoms with van der Waals surface area (Å²) in [4.78, 5) is 11.5. The van der Waals surface area contributed by atoms with Gasteiger partial charge >= 0.3 is 6.01 Å². The van der Waals surface area contributed by atoms with Crippen LogP contribution in [0.5, 0.6) is 0 Å².